The van der Waals surface area contributed by atoms with Gasteiger partial charge < -0.3 is 20.0 Å². The van der Waals surface area contributed by atoms with Gasteiger partial charge in [0, 0.05) is 66.7 Å². The van der Waals surface area contributed by atoms with Crippen molar-refractivity contribution >= 4 is 11.4 Å². The summed E-state index contributed by atoms with van der Waals surface area (Å²) in [6, 6.07) is 11.8. The van der Waals surface area contributed by atoms with Crippen LogP contribution in [0.15, 0.2) is 36.4 Å². The Hall–Kier alpha value is -2.36. The number of phenolic OH excluding ortho intramolecular Hbond substituents is 2. The molecule has 4 nitrogen and oxygen atoms in total. The Balaban J connectivity index is 2.39. The summed E-state index contributed by atoms with van der Waals surface area (Å²) in [6.07, 6.45) is 0.802. The van der Waals surface area contributed by atoms with Crippen molar-refractivity contribution in [3.63, 3.8) is 0 Å². The molecule has 2 aromatic carbocycles. The van der Waals surface area contributed by atoms with Crippen LogP contribution < -0.4 is 9.80 Å². The second-order valence-corrected chi connectivity index (χ2v) is 6.79. The fraction of sp³-hybridized carbons (Fsp3) is 0.478. The first-order valence-corrected chi connectivity index (χ1v) is 10.2. The van der Waals surface area contributed by atoms with Gasteiger partial charge in [-0.05, 0) is 46.2 Å². The number of hydrogen-bond acceptors (Lipinski definition) is 4. The molecule has 0 heterocycles. The molecule has 0 saturated heterocycles. The van der Waals surface area contributed by atoms with Crippen molar-refractivity contribution in [3.8, 4) is 11.5 Å². The predicted molar refractivity (Wildman–Crippen MR) is 115 cm³/mol. The number of nitrogens with zero attached hydrogens (tertiary/aromatic N) is 2. The van der Waals surface area contributed by atoms with E-state index < -0.39 is 0 Å². The summed E-state index contributed by atoms with van der Waals surface area (Å²) >= 11 is 0. The molecule has 0 unspecified atom stereocenters. The van der Waals surface area contributed by atoms with E-state index in [0.717, 1.165) is 55.1 Å². The van der Waals surface area contributed by atoms with Gasteiger partial charge in [0.15, 0.2) is 0 Å². The van der Waals surface area contributed by atoms with Gasteiger partial charge in [0.05, 0.1) is 0 Å². The van der Waals surface area contributed by atoms with Gasteiger partial charge in [0.25, 0.3) is 0 Å². The van der Waals surface area contributed by atoms with Gasteiger partial charge in [-0.3, -0.25) is 0 Å². The van der Waals surface area contributed by atoms with Crippen molar-refractivity contribution in [3.05, 3.63) is 47.5 Å². The minimum atomic E-state index is -0.0403. The molecule has 0 aliphatic carbocycles. The molecule has 4 heteroatoms. The standard InChI is InChI=1S/C23H34N2O2/c1-6-19(20-13-11-17(15-22(20)26)24(7-2)8-3)21-14-12-18(16-23(21)27)25(9-4)10-5/h11-16,19,26-27H,6-10H2,1-5H3. The molecule has 0 fully saturated rings. The van der Waals surface area contributed by atoms with Gasteiger partial charge in [0.1, 0.15) is 11.5 Å². The van der Waals surface area contributed by atoms with E-state index in [0.29, 0.717) is 11.5 Å². The number of benzene rings is 2. The number of rotatable bonds is 9. The van der Waals surface area contributed by atoms with E-state index in [1.54, 1.807) is 0 Å². The Labute approximate surface area is 164 Å². The van der Waals surface area contributed by atoms with Crippen LogP contribution in [0.2, 0.25) is 0 Å². The fourth-order valence-corrected chi connectivity index (χ4v) is 3.83. The van der Waals surface area contributed by atoms with Gasteiger partial charge in [-0.15, -0.1) is 0 Å². The molecule has 0 aromatic heterocycles. The minimum Gasteiger partial charge on any atom is -0.508 e. The van der Waals surface area contributed by atoms with Crippen molar-refractivity contribution < 1.29 is 10.2 Å². The van der Waals surface area contributed by atoms with Gasteiger partial charge in [-0.2, -0.15) is 0 Å². The van der Waals surface area contributed by atoms with Gasteiger partial charge in [-0.25, -0.2) is 0 Å². The fourth-order valence-electron chi connectivity index (χ4n) is 3.83. The highest BCUT2D eigenvalue weighted by atomic mass is 16.3. The third-order valence-electron chi connectivity index (χ3n) is 5.44. The Morgan fingerprint density at radius 3 is 1.30 bits per heavy atom. The molecule has 0 aliphatic rings. The molecule has 2 N–H and O–H groups in total. The van der Waals surface area contributed by atoms with Crippen LogP contribution in [-0.4, -0.2) is 36.4 Å². The summed E-state index contributed by atoms with van der Waals surface area (Å²) in [5.74, 6) is 0.540. The van der Waals surface area contributed by atoms with Crippen molar-refractivity contribution in [2.45, 2.75) is 47.0 Å². The van der Waals surface area contributed by atoms with Crippen LogP contribution in [0.25, 0.3) is 0 Å². The second-order valence-electron chi connectivity index (χ2n) is 6.79. The van der Waals surface area contributed by atoms with Crippen molar-refractivity contribution in [1.82, 2.24) is 0 Å². The Kier molecular flexibility index (Phi) is 7.40. The summed E-state index contributed by atoms with van der Waals surface area (Å²) < 4.78 is 0. The van der Waals surface area contributed by atoms with Crippen LogP contribution >= 0.6 is 0 Å². The predicted octanol–water partition coefficient (Wildman–Crippen LogP) is 5.33. The number of aromatic hydroxyl groups is 2. The molecular weight excluding hydrogens is 336 g/mol. The van der Waals surface area contributed by atoms with Gasteiger partial charge in [-0.1, -0.05) is 19.1 Å². The molecule has 0 spiro atoms. The van der Waals surface area contributed by atoms with E-state index in [9.17, 15) is 10.2 Å². The summed E-state index contributed by atoms with van der Waals surface area (Å²) in [5.41, 5.74) is 3.77. The SMILES string of the molecule is CCC(c1ccc(N(CC)CC)cc1O)c1ccc(N(CC)CC)cc1O. The van der Waals surface area contributed by atoms with Crippen LogP contribution in [-0.2, 0) is 0 Å². The quantitative estimate of drug-likeness (QED) is 0.626. The molecule has 0 bridgehead atoms. The van der Waals surface area contributed by atoms with E-state index >= 15 is 0 Å². The third-order valence-corrected chi connectivity index (χ3v) is 5.44. The van der Waals surface area contributed by atoms with E-state index in [2.05, 4.69) is 56.6 Å². The monoisotopic (exact) mass is 370 g/mol. The summed E-state index contributed by atoms with van der Waals surface area (Å²) in [6.45, 7) is 14.1. The normalized spacial score (nSPS) is 11.0. The second kappa shape index (κ2) is 9.54. The molecule has 0 saturated carbocycles. The zero-order valence-corrected chi connectivity index (χ0v) is 17.4. The lowest BCUT2D eigenvalue weighted by Gasteiger charge is -2.25. The van der Waals surface area contributed by atoms with Crippen LogP contribution in [0.3, 0.4) is 0 Å². The molecule has 0 amide bonds. The zero-order chi connectivity index (χ0) is 20.0. The summed E-state index contributed by atoms with van der Waals surface area (Å²) in [4.78, 5) is 4.42. The smallest absolute Gasteiger partial charge is 0.121 e. The lowest BCUT2D eigenvalue weighted by atomic mass is 9.87. The maximum Gasteiger partial charge on any atom is 0.121 e. The molecule has 148 valence electrons. The number of hydrogen-bond donors (Lipinski definition) is 2. The first-order valence-electron chi connectivity index (χ1n) is 10.2. The van der Waals surface area contributed by atoms with Gasteiger partial charge in [0.2, 0.25) is 0 Å². The number of phenols is 2. The van der Waals surface area contributed by atoms with Crippen molar-refractivity contribution in [2.75, 3.05) is 36.0 Å². The van der Waals surface area contributed by atoms with E-state index in [-0.39, 0.29) is 5.92 Å². The topological polar surface area (TPSA) is 46.9 Å². The lowest BCUT2D eigenvalue weighted by Crippen LogP contribution is -2.22. The number of anilines is 2. The molecule has 0 radical (unpaired) electrons. The lowest BCUT2D eigenvalue weighted by molar-refractivity contribution is 0.452. The minimum absolute atomic E-state index is 0.0403. The Morgan fingerprint density at radius 1 is 0.667 bits per heavy atom. The van der Waals surface area contributed by atoms with Crippen LogP contribution in [0, 0.1) is 0 Å². The Morgan fingerprint density at radius 2 is 1.04 bits per heavy atom. The molecule has 0 atom stereocenters. The van der Waals surface area contributed by atoms with E-state index in [4.69, 9.17) is 0 Å². The van der Waals surface area contributed by atoms with Gasteiger partial charge >= 0.3 is 0 Å². The van der Waals surface area contributed by atoms with Crippen molar-refractivity contribution in [2.24, 2.45) is 0 Å². The Bertz CT molecular complexity index is 676. The van der Waals surface area contributed by atoms with Crippen LogP contribution in [0.1, 0.15) is 58.1 Å². The average molecular weight is 371 g/mol. The van der Waals surface area contributed by atoms with Crippen molar-refractivity contribution in [1.29, 1.82) is 0 Å². The van der Waals surface area contributed by atoms with Crippen LogP contribution in [0.4, 0.5) is 11.4 Å². The highest BCUT2D eigenvalue weighted by Crippen LogP contribution is 2.40. The summed E-state index contributed by atoms with van der Waals surface area (Å²) in [5, 5.41) is 21.4. The van der Waals surface area contributed by atoms with E-state index in [1.165, 1.54) is 0 Å². The summed E-state index contributed by atoms with van der Waals surface area (Å²) in [7, 11) is 0. The molecular formula is C23H34N2O2. The molecule has 2 aromatic rings. The van der Waals surface area contributed by atoms with Crippen LogP contribution in [0.5, 0.6) is 11.5 Å². The third kappa shape index (κ3) is 4.49. The average Bonchev–Trinajstić information content (AvgIpc) is 2.67. The molecule has 27 heavy (non-hydrogen) atoms. The maximum atomic E-state index is 10.7. The molecule has 2 rings (SSSR count). The van der Waals surface area contributed by atoms with E-state index in [1.807, 2.05) is 24.3 Å². The highest BCUT2D eigenvalue weighted by molar-refractivity contribution is 5.59. The largest absolute Gasteiger partial charge is 0.508 e. The highest BCUT2D eigenvalue weighted by Gasteiger charge is 2.20. The maximum absolute atomic E-state index is 10.7. The first kappa shape index (κ1) is 20.9. The first-order chi connectivity index (χ1) is 13.0. The zero-order valence-electron chi connectivity index (χ0n) is 17.4. The molecule has 0 aliphatic heterocycles.